The molecule has 0 aliphatic carbocycles. The number of amides is 3. The molecule has 1 saturated heterocycles. The number of urea groups is 1. The molecule has 2 N–H and O–H groups in total. The van der Waals surface area contributed by atoms with Gasteiger partial charge in [0, 0.05) is 0 Å². The Balaban J connectivity index is 0.00000128. The van der Waals surface area contributed by atoms with E-state index in [2.05, 4.69) is 5.32 Å². The van der Waals surface area contributed by atoms with Crippen LogP contribution in [0.15, 0.2) is 11.6 Å². The summed E-state index contributed by atoms with van der Waals surface area (Å²) in [6.45, 7) is 4.55. The minimum absolute atomic E-state index is 0. The molecule has 1 fully saturated rings. The van der Waals surface area contributed by atoms with Crippen LogP contribution in [0.3, 0.4) is 0 Å². The second kappa shape index (κ2) is 4.77. The van der Waals surface area contributed by atoms with Crippen molar-refractivity contribution >= 4 is 11.9 Å². The Labute approximate surface area is 117 Å². The van der Waals surface area contributed by atoms with E-state index in [0.717, 1.165) is 5.57 Å². The molecular formula is C10H14N3NaO2. The van der Waals surface area contributed by atoms with Crippen molar-refractivity contribution in [3.8, 4) is 0 Å². The monoisotopic (exact) mass is 231 g/mol. The Morgan fingerprint density at radius 2 is 2.25 bits per heavy atom. The Bertz CT molecular complexity index is 354. The van der Waals surface area contributed by atoms with Crippen LogP contribution >= 0.6 is 0 Å². The molecule has 2 rings (SSSR count). The molecule has 2 heterocycles. The summed E-state index contributed by atoms with van der Waals surface area (Å²) >= 11 is 0. The predicted octanol–water partition coefficient (Wildman–Crippen LogP) is -2.38. The van der Waals surface area contributed by atoms with Gasteiger partial charge < -0.3 is 16.0 Å². The molecule has 0 radical (unpaired) electrons. The van der Waals surface area contributed by atoms with Crippen molar-refractivity contribution in [1.82, 2.24) is 4.90 Å². The Morgan fingerprint density at radius 1 is 1.62 bits per heavy atom. The van der Waals surface area contributed by atoms with Gasteiger partial charge in [0.2, 0.25) is 5.91 Å². The zero-order chi connectivity index (χ0) is 11.2. The zero-order valence-corrected chi connectivity index (χ0v) is 11.8. The van der Waals surface area contributed by atoms with Gasteiger partial charge in [-0.3, -0.25) is 9.59 Å². The average molecular weight is 231 g/mol. The van der Waals surface area contributed by atoms with Crippen LogP contribution in [0.5, 0.6) is 0 Å². The van der Waals surface area contributed by atoms with E-state index < -0.39 is 11.9 Å². The number of hydrogen-bond donors (Lipinski definition) is 1. The van der Waals surface area contributed by atoms with Gasteiger partial charge in [-0.25, -0.2) is 0 Å². The van der Waals surface area contributed by atoms with Crippen molar-refractivity contribution in [2.75, 3.05) is 6.54 Å². The van der Waals surface area contributed by atoms with E-state index in [9.17, 15) is 9.59 Å². The normalized spacial score (nSPS) is 27.3. The van der Waals surface area contributed by atoms with Crippen LogP contribution in [-0.4, -0.2) is 35.5 Å². The third-order valence-electron chi connectivity index (χ3n) is 2.91. The Kier molecular flexibility index (Phi) is 4.04. The first-order chi connectivity index (χ1) is 7.00. The molecule has 0 unspecified atom stereocenters. The smallest absolute Gasteiger partial charge is 0.423 e. The summed E-state index contributed by atoms with van der Waals surface area (Å²) in [5, 5.41) is 4.00. The summed E-state index contributed by atoms with van der Waals surface area (Å²) in [4.78, 5) is 24.1. The van der Waals surface area contributed by atoms with Gasteiger partial charge in [-0.2, -0.15) is 0 Å². The minimum Gasteiger partial charge on any atom is -0.423 e. The van der Waals surface area contributed by atoms with Gasteiger partial charge in [0.15, 0.2) is 6.03 Å². The van der Waals surface area contributed by atoms with Gasteiger partial charge in [-0.1, -0.05) is 25.5 Å². The number of hydrogen-bond acceptors (Lipinski definition) is 2. The van der Waals surface area contributed by atoms with Crippen LogP contribution in [0.4, 0.5) is 4.79 Å². The first kappa shape index (κ1) is 13.5. The molecular weight excluding hydrogens is 217 g/mol. The molecule has 2 aliphatic rings. The Morgan fingerprint density at radius 3 is 2.75 bits per heavy atom. The molecule has 0 saturated carbocycles. The van der Waals surface area contributed by atoms with Crippen molar-refractivity contribution in [2.24, 2.45) is 11.7 Å². The standard InChI is InChI=1S/C10H15N3O2.Na/c1-5(2)6-3-8(9(11)14)13-4-7(6)12-10(13)15;/h3,5,7-8H,4H2,1-2H3,(H3,11,12,14,15);/q;+1/p-1/t7-,8-;/m0./s1. The van der Waals surface area contributed by atoms with E-state index in [1.807, 2.05) is 13.8 Å². The molecule has 0 aromatic carbocycles. The number of carbonyl (C=O) groups excluding carboxylic acids is 2. The maximum atomic E-state index is 11.5. The van der Waals surface area contributed by atoms with E-state index in [4.69, 9.17) is 5.73 Å². The van der Waals surface area contributed by atoms with Crippen molar-refractivity contribution in [3.63, 3.8) is 0 Å². The molecule has 2 bridgehead atoms. The number of carbonyl (C=O) groups is 2. The van der Waals surface area contributed by atoms with Gasteiger partial charge in [-0.05, 0) is 18.5 Å². The number of rotatable bonds is 2. The first-order valence-corrected chi connectivity index (χ1v) is 5.03. The van der Waals surface area contributed by atoms with Crippen LogP contribution in [0.1, 0.15) is 13.8 Å². The quantitative estimate of drug-likeness (QED) is 0.425. The number of nitrogens with two attached hydrogens (primary N) is 1. The van der Waals surface area contributed by atoms with E-state index in [-0.39, 0.29) is 47.5 Å². The Hall–Kier alpha value is -0.520. The average Bonchev–Trinajstić information content (AvgIpc) is 2.43. The minimum atomic E-state index is -0.614. The van der Waals surface area contributed by atoms with Crippen LogP contribution in [-0.2, 0) is 4.79 Å². The maximum Gasteiger partial charge on any atom is 1.00 e. The van der Waals surface area contributed by atoms with Gasteiger partial charge in [-0.15, -0.1) is 0 Å². The van der Waals surface area contributed by atoms with Gasteiger partial charge in [0.1, 0.15) is 0 Å². The molecule has 82 valence electrons. The first-order valence-electron chi connectivity index (χ1n) is 5.03. The summed E-state index contributed by atoms with van der Waals surface area (Å²) in [7, 11) is 0. The van der Waals surface area contributed by atoms with Gasteiger partial charge in [0.25, 0.3) is 0 Å². The topological polar surface area (TPSA) is 77.5 Å². The summed E-state index contributed by atoms with van der Waals surface area (Å²) in [6, 6.07) is -1.01. The molecule has 0 spiro atoms. The van der Waals surface area contributed by atoms with Gasteiger partial charge >= 0.3 is 29.6 Å². The summed E-state index contributed by atoms with van der Waals surface area (Å²) < 4.78 is 0. The molecule has 16 heavy (non-hydrogen) atoms. The van der Waals surface area contributed by atoms with Crippen molar-refractivity contribution in [2.45, 2.75) is 25.9 Å². The maximum absolute atomic E-state index is 11.5. The molecule has 5 nitrogen and oxygen atoms in total. The molecule has 0 aromatic rings. The van der Waals surface area contributed by atoms with E-state index in [0.29, 0.717) is 6.54 Å². The van der Waals surface area contributed by atoms with Crippen LogP contribution in [0, 0.1) is 5.92 Å². The fraction of sp³-hybridized carbons (Fsp3) is 0.600. The molecule has 2 aliphatic heterocycles. The number of primary amides is 1. The van der Waals surface area contributed by atoms with Crippen molar-refractivity contribution in [3.05, 3.63) is 17.0 Å². The summed E-state index contributed by atoms with van der Waals surface area (Å²) in [5.41, 5.74) is 6.30. The molecule has 2 atom stereocenters. The van der Waals surface area contributed by atoms with Crippen LogP contribution < -0.4 is 35.3 Å². The third kappa shape index (κ3) is 2.12. The fourth-order valence-corrected chi connectivity index (χ4v) is 2.12. The van der Waals surface area contributed by atoms with Crippen LogP contribution in [0.25, 0.3) is 5.32 Å². The van der Waals surface area contributed by atoms with E-state index in [1.165, 1.54) is 4.90 Å². The van der Waals surface area contributed by atoms with Crippen LogP contribution in [0.2, 0.25) is 0 Å². The number of fused-ring (bicyclic) bond motifs is 2. The second-order valence-electron chi connectivity index (χ2n) is 4.25. The van der Waals surface area contributed by atoms with E-state index in [1.54, 1.807) is 6.08 Å². The largest absolute Gasteiger partial charge is 1.00 e. The summed E-state index contributed by atoms with van der Waals surface area (Å²) in [6.07, 6.45) is 1.79. The summed E-state index contributed by atoms with van der Waals surface area (Å²) in [5.74, 6) is -0.203. The number of nitrogens with zero attached hydrogens (tertiary/aromatic N) is 2. The SMILES string of the molecule is CC(C)C1=C[C@@H](C(N)=O)N2C[C@@H]1[N-]C2=O.[Na+]. The van der Waals surface area contributed by atoms with Crippen molar-refractivity contribution < 1.29 is 39.1 Å². The van der Waals surface area contributed by atoms with E-state index >= 15 is 0 Å². The fourth-order valence-electron chi connectivity index (χ4n) is 2.12. The molecule has 0 aromatic heterocycles. The second-order valence-corrected chi connectivity index (χ2v) is 4.25. The molecule has 6 heteroatoms. The van der Waals surface area contributed by atoms with Gasteiger partial charge in [0.05, 0.1) is 6.04 Å². The predicted molar refractivity (Wildman–Crippen MR) is 55.2 cm³/mol. The zero-order valence-electron chi connectivity index (χ0n) is 9.80. The van der Waals surface area contributed by atoms with Crippen molar-refractivity contribution in [1.29, 1.82) is 0 Å². The molecule has 3 amide bonds. The third-order valence-corrected chi connectivity index (χ3v) is 2.91.